The van der Waals surface area contributed by atoms with Gasteiger partial charge in [-0.3, -0.25) is 4.79 Å². The van der Waals surface area contributed by atoms with Crippen LogP contribution >= 0.6 is 15.9 Å². The Balaban J connectivity index is 3.54. The molecule has 0 saturated carbocycles. The van der Waals surface area contributed by atoms with E-state index in [1.165, 1.54) is 0 Å². The molecule has 0 heterocycles. The average molecular weight is 196 g/mol. The molecule has 3 nitrogen and oxygen atoms in total. The maximum Gasteiger partial charge on any atom is 0.320 e. The number of rotatable bonds is 4. The topological polar surface area (TPSA) is 49.3 Å². The molecule has 0 aliphatic rings. The number of alkyl halides is 1. The van der Waals surface area contributed by atoms with Crippen molar-refractivity contribution in [3.05, 3.63) is 0 Å². The molecule has 0 bridgehead atoms. The summed E-state index contributed by atoms with van der Waals surface area (Å²) in [6, 6.07) is -0.413. The Morgan fingerprint density at radius 2 is 2.44 bits per heavy atom. The van der Waals surface area contributed by atoms with Gasteiger partial charge in [-0.25, -0.2) is 0 Å². The lowest BCUT2D eigenvalue weighted by Gasteiger charge is -2.06. The van der Waals surface area contributed by atoms with Gasteiger partial charge in [-0.2, -0.15) is 0 Å². The minimum Gasteiger partial charge on any atom is -0.480 e. The summed E-state index contributed by atoms with van der Waals surface area (Å²) in [6.07, 6.45) is 0.617. The number of carboxylic acids is 1. The maximum atomic E-state index is 10.2. The lowest BCUT2D eigenvalue weighted by atomic mass is 10.2. The Morgan fingerprint density at radius 1 is 1.89 bits per heavy atom. The van der Waals surface area contributed by atoms with Gasteiger partial charge in [0.1, 0.15) is 6.04 Å². The van der Waals surface area contributed by atoms with E-state index >= 15 is 0 Å². The zero-order valence-electron chi connectivity index (χ0n) is 5.22. The number of hydrogen-bond donors (Lipinski definition) is 2. The highest BCUT2D eigenvalue weighted by Crippen LogP contribution is 1.94. The molecule has 0 aliphatic carbocycles. The first-order valence-corrected chi connectivity index (χ1v) is 3.80. The van der Waals surface area contributed by atoms with Crippen molar-refractivity contribution in [3.63, 3.8) is 0 Å². The van der Waals surface area contributed by atoms with Crippen LogP contribution < -0.4 is 5.32 Å². The highest BCUT2D eigenvalue weighted by molar-refractivity contribution is 9.09. The summed E-state index contributed by atoms with van der Waals surface area (Å²) >= 11 is 3.16. The van der Waals surface area contributed by atoms with Crippen molar-refractivity contribution < 1.29 is 9.90 Å². The predicted molar refractivity (Wildman–Crippen MR) is 38.9 cm³/mol. The van der Waals surface area contributed by atoms with Gasteiger partial charge in [0.25, 0.3) is 0 Å². The second kappa shape index (κ2) is 4.76. The summed E-state index contributed by atoms with van der Waals surface area (Å²) in [4.78, 5) is 10.2. The van der Waals surface area contributed by atoms with Crippen LogP contribution in [-0.4, -0.2) is 29.5 Å². The minimum atomic E-state index is -0.794. The van der Waals surface area contributed by atoms with Crippen LogP contribution in [0.5, 0.6) is 0 Å². The maximum absolute atomic E-state index is 10.2. The molecule has 0 rings (SSSR count). The van der Waals surface area contributed by atoms with Gasteiger partial charge >= 0.3 is 5.97 Å². The fourth-order valence-corrected chi connectivity index (χ4v) is 0.958. The third-order valence-corrected chi connectivity index (χ3v) is 1.50. The van der Waals surface area contributed by atoms with E-state index < -0.39 is 12.0 Å². The molecule has 0 aliphatic heterocycles. The van der Waals surface area contributed by atoms with Gasteiger partial charge in [-0.15, -0.1) is 0 Å². The standard InChI is InChI=1S/C5H10BrNO2/c1-7-4(2-3-6)5(8)9/h4,7H,2-3H2,1H3,(H,8,9). The molecule has 2 N–H and O–H groups in total. The van der Waals surface area contributed by atoms with Crippen LogP contribution in [0, 0.1) is 0 Å². The summed E-state index contributed by atoms with van der Waals surface area (Å²) in [5, 5.41) is 11.8. The van der Waals surface area contributed by atoms with Gasteiger partial charge < -0.3 is 10.4 Å². The van der Waals surface area contributed by atoms with Gasteiger partial charge in [0, 0.05) is 5.33 Å². The third kappa shape index (κ3) is 3.48. The van der Waals surface area contributed by atoms with Crippen LogP contribution in [-0.2, 0) is 4.79 Å². The molecule has 54 valence electrons. The molecule has 0 saturated heterocycles. The summed E-state index contributed by atoms with van der Waals surface area (Å²) in [5.41, 5.74) is 0. The Morgan fingerprint density at radius 3 is 2.56 bits per heavy atom. The normalized spacial score (nSPS) is 13.1. The van der Waals surface area contributed by atoms with Crippen molar-refractivity contribution in [3.8, 4) is 0 Å². The molecule has 1 unspecified atom stereocenters. The fraction of sp³-hybridized carbons (Fsp3) is 0.800. The quantitative estimate of drug-likeness (QED) is 0.641. The summed E-state index contributed by atoms with van der Waals surface area (Å²) < 4.78 is 0. The fourth-order valence-electron chi connectivity index (χ4n) is 0.500. The average Bonchev–Trinajstić information content (AvgIpc) is 1.82. The van der Waals surface area contributed by atoms with Crippen molar-refractivity contribution >= 4 is 21.9 Å². The Bertz CT molecular complexity index is 97.0. The number of aliphatic carboxylic acids is 1. The van der Waals surface area contributed by atoms with Gasteiger partial charge in [0.15, 0.2) is 0 Å². The largest absolute Gasteiger partial charge is 0.480 e. The van der Waals surface area contributed by atoms with E-state index in [2.05, 4.69) is 21.2 Å². The number of carboxylic acid groups (broad SMARTS) is 1. The molecular formula is C5H10BrNO2. The van der Waals surface area contributed by atoms with Crippen molar-refractivity contribution in [2.75, 3.05) is 12.4 Å². The molecule has 0 spiro atoms. The molecule has 0 amide bonds. The first kappa shape index (κ1) is 8.91. The van der Waals surface area contributed by atoms with Crippen LogP contribution in [0.1, 0.15) is 6.42 Å². The van der Waals surface area contributed by atoms with Crippen LogP contribution in [0.4, 0.5) is 0 Å². The zero-order valence-corrected chi connectivity index (χ0v) is 6.81. The van der Waals surface area contributed by atoms with Crippen LogP contribution in [0.15, 0.2) is 0 Å². The zero-order chi connectivity index (χ0) is 7.28. The molecule has 4 heteroatoms. The SMILES string of the molecule is CNC(CCBr)C(=O)O. The van der Waals surface area contributed by atoms with Crippen molar-refractivity contribution in [2.45, 2.75) is 12.5 Å². The van der Waals surface area contributed by atoms with E-state index in [0.29, 0.717) is 11.8 Å². The summed E-state index contributed by atoms with van der Waals surface area (Å²) in [7, 11) is 1.64. The molecule has 0 radical (unpaired) electrons. The molecule has 1 atom stereocenters. The lowest BCUT2D eigenvalue weighted by Crippen LogP contribution is -2.33. The Hall–Kier alpha value is -0.0900. The van der Waals surface area contributed by atoms with Crippen molar-refractivity contribution in [2.24, 2.45) is 0 Å². The monoisotopic (exact) mass is 195 g/mol. The molecule has 0 fully saturated rings. The van der Waals surface area contributed by atoms with Crippen LogP contribution in [0.2, 0.25) is 0 Å². The van der Waals surface area contributed by atoms with E-state index in [-0.39, 0.29) is 0 Å². The molecule has 0 aromatic carbocycles. The second-order valence-electron chi connectivity index (χ2n) is 1.66. The highest BCUT2D eigenvalue weighted by Gasteiger charge is 2.12. The number of carbonyl (C=O) groups is 1. The lowest BCUT2D eigenvalue weighted by molar-refractivity contribution is -0.139. The van der Waals surface area contributed by atoms with Crippen LogP contribution in [0.25, 0.3) is 0 Å². The van der Waals surface area contributed by atoms with E-state index in [1.807, 2.05) is 0 Å². The van der Waals surface area contributed by atoms with E-state index in [1.54, 1.807) is 7.05 Å². The molecular weight excluding hydrogens is 186 g/mol. The van der Waals surface area contributed by atoms with Gasteiger partial charge in [0.05, 0.1) is 0 Å². The van der Waals surface area contributed by atoms with Gasteiger partial charge in [-0.1, -0.05) is 15.9 Å². The minimum absolute atomic E-state index is 0.413. The number of likely N-dealkylation sites (N-methyl/N-ethyl adjacent to an activating group) is 1. The van der Waals surface area contributed by atoms with Crippen molar-refractivity contribution in [1.82, 2.24) is 5.32 Å². The highest BCUT2D eigenvalue weighted by atomic mass is 79.9. The first-order chi connectivity index (χ1) is 4.22. The second-order valence-corrected chi connectivity index (χ2v) is 2.45. The van der Waals surface area contributed by atoms with E-state index in [4.69, 9.17) is 5.11 Å². The smallest absolute Gasteiger partial charge is 0.320 e. The van der Waals surface area contributed by atoms with Crippen LogP contribution in [0.3, 0.4) is 0 Å². The Kier molecular flexibility index (Phi) is 4.71. The first-order valence-electron chi connectivity index (χ1n) is 2.68. The summed E-state index contributed by atoms with van der Waals surface area (Å²) in [5.74, 6) is -0.794. The molecule has 0 aromatic heterocycles. The number of hydrogen-bond acceptors (Lipinski definition) is 2. The van der Waals surface area contributed by atoms with Gasteiger partial charge in [0.2, 0.25) is 0 Å². The van der Waals surface area contributed by atoms with Gasteiger partial charge in [-0.05, 0) is 13.5 Å². The predicted octanol–water partition coefficient (Wildman–Crippen LogP) is 0.444. The third-order valence-electron chi connectivity index (χ3n) is 1.04. The summed E-state index contributed by atoms with van der Waals surface area (Å²) in [6.45, 7) is 0. The van der Waals surface area contributed by atoms with Crippen molar-refractivity contribution in [1.29, 1.82) is 0 Å². The van der Waals surface area contributed by atoms with E-state index in [0.717, 1.165) is 0 Å². The number of halogens is 1. The Labute approximate surface area is 62.6 Å². The molecule has 9 heavy (non-hydrogen) atoms. The number of nitrogens with one attached hydrogen (secondary N) is 1. The molecule has 0 aromatic rings. The van der Waals surface area contributed by atoms with E-state index in [9.17, 15) is 4.79 Å².